The van der Waals surface area contributed by atoms with Gasteiger partial charge in [-0.2, -0.15) is 0 Å². The van der Waals surface area contributed by atoms with Crippen molar-refractivity contribution >= 4 is 41.2 Å². The number of anilines is 2. The lowest BCUT2D eigenvalue weighted by Crippen LogP contribution is -2.67. The van der Waals surface area contributed by atoms with Crippen molar-refractivity contribution in [2.75, 3.05) is 43.9 Å². The number of allylic oxidation sites excluding steroid dienone is 1. The average Bonchev–Trinajstić information content (AvgIpc) is 3.00. The number of nitrogens with one attached hydrogen (secondary N) is 3. The Balaban J connectivity index is 1.32. The van der Waals surface area contributed by atoms with Gasteiger partial charge in [0, 0.05) is 72.5 Å². The van der Waals surface area contributed by atoms with Gasteiger partial charge in [-0.3, -0.25) is 24.1 Å². The topological polar surface area (TPSA) is 103 Å². The Kier molecular flexibility index (Phi) is 9.12. The van der Waals surface area contributed by atoms with E-state index in [0.717, 1.165) is 59.6 Å². The number of hydroxylamine groups is 2. The number of rotatable bonds is 12. The lowest BCUT2D eigenvalue weighted by Gasteiger charge is -2.48. The van der Waals surface area contributed by atoms with E-state index in [1.807, 2.05) is 62.4 Å². The summed E-state index contributed by atoms with van der Waals surface area (Å²) in [6.45, 7) is 7.15. The number of amides is 2. The first-order chi connectivity index (χ1) is 20.4. The Morgan fingerprint density at radius 2 is 1.74 bits per heavy atom. The third kappa shape index (κ3) is 6.60. The summed E-state index contributed by atoms with van der Waals surface area (Å²) in [4.78, 5) is 44.0. The molecule has 0 spiro atoms. The summed E-state index contributed by atoms with van der Waals surface area (Å²) in [6.07, 6.45) is 2.65. The van der Waals surface area contributed by atoms with Crippen LogP contribution in [0.2, 0.25) is 0 Å². The summed E-state index contributed by atoms with van der Waals surface area (Å²) < 4.78 is 0. The maximum absolute atomic E-state index is 13.0. The summed E-state index contributed by atoms with van der Waals surface area (Å²) in [7, 11) is 1.64. The minimum absolute atomic E-state index is 0.213. The van der Waals surface area contributed by atoms with Gasteiger partial charge >= 0.3 is 0 Å². The molecule has 0 aliphatic carbocycles. The van der Waals surface area contributed by atoms with Crippen molar-refractivity contribution in [1.82, 2.24) is 15.3 Å². The second-order valence-corrected chi connectivity index (χ2v) is 10.9. The van der Waals surface area contributed by atoms with Crippen molar-refractivity contribution in [3.8, 4) is 0 Å². The second kappa shape index (κ2) is 13.1. The molecular weight excluding hydrogens is 530 g/mol. The van der Waals surface area contributed by atoms with Crippen LogP contribution in [0.1, 0.15) is 50.8 Å². The zero-order valence-corrected chi connectivity index (χ0v) is 24.2. The monoisotopic (exact) mass is 567 g/mol. The third-order valence-corrected chi connectivity index (χ3v) is 7.97. The molecule has 3 heterocycles. The lowest BCUT2D eigenvalue weighted by atomic mass is 9.91. The molecule has 9 heteroatoms. The highest BCUT2D eigenvalue weighted by atomic mass is 16.7. The van der Waals surface area contributed by atoms with E-state index in [1.54, 1.807) is 25.2 Å². The van der Waals surface area contributed by atoms with Crippen LogP contribution >= 0.6 is 0 Å². The highest BCUT2D eigenvalue weighted by Gasteiger charge is 2.36. The average molecular weight is 568 g/mol. The molecule has 0 saturated carbocycles. The molecule has 3 N–H and O–H groups in total. The summed E-state index contributed by atoms with van der Waals surface area (Å²) in [5.41, 5.74) is 6.61. The Hall–Kier alpha value is -4.31. The van der Waals surface area contributed by atoms with Gasteiger partial charge in [0.15, 0.2) is 0 Å². The van der Waals surface area contributed by atoms with Gasteiger partial charge < -0.3 is 16.0 Å². The van der Waals surface area contributed by atoms with E-state index in [1.165, 1.54) is 11.5 Å². The maximum atomic E-state index is 13.0. The standard InChI is InChI=1S/C33H37N5O4/c1-22-15-30(31(34-21-40)16-26(22)20-39)23(2)32(24-7-5-4-6-8-24)36-27-11-9-25(10-12-27)33(41)37(3)42-14-13-38-18-28-17-29(19-38)35-28/h4-12,15-16,20-21,28-29,35-36H,13-14,17-19H2,1-3H3,(H,34,40)/b32-23+. The molecule has 0 radical (unpaired) electrons. The summed E-state index contributed by atoms with van der Waals surface area (Å²) in [6, 6.07) is 21.9. The van der Waals surface area contributed by atoms with E-state index in [4.69, 9.17) is 4.84 Å². The van der Waals surface area contributed by atoms with E-state index >= 15 is 0 Å². The van der Waals surface area contributed by atoms with Crippen LogP contribution in [0.15, 0.2) is 66.7 Å². The minimum atomic E-state index is -0.213. The van der Waals surface area contributed by atoms with E-state index < -0.39 is 0 Å². The Morgan fingerprint density at radius 3 is 2.38 bits per heavy atom. The van der Waals surface area contributed by atoms with Gasteiger partial charge in [0.2, 0.25) is 6.41 Å². The number of piperidine rings is 1. The van der Waals surface area contributed by atoms with Crippen LogP contribution in [0.5, 0.6) is 0 Å². The predicted octanol–water partition coefficient (Wildman–Crippen LogP) is 4.43. The molecule has 3 saturated heterocycles. The molecular formula is C33H37N5O4. The van der Waals surface area contributed by atoms with Crippen LogP contribution in [0, 0.1) is 6.92 Å². The van der Waals surface area contributed by atoms with Crippen LogP contribution in [-0.4, -0.2) is 73.9 Å². The fourth-order valence-electron chi connectivity index (χ4n) is 5.64. The minimum Gasteiger partial charge on any atom is -0.355 e. The quantitative estimate of drug-likeness (QED) is 0.169. The normalized spacial score (nSPS) is 18.4. The van der Waals surface area contributed by atoms with Crippen molar-refractivity contribution in [2.24, 2.45) is 0 Å². The SMILES string of the molecule is C/C(=C(\Nc1ccc(C(=O)N(C)OCCN2CC3CC(C2)N3)cc1)c1ccccc1)c1cc(C)c(C=O)cc1NC=O. The van der Waals surface area contributed by atoms with E-state index in [-0.39, 0.29) is 5.91 Å². The Bertz CT molecular complexity index is 1460. The van der Waals surface area contributed by atoms with Gasteiger partial charge in [-0.05, 0) is 73.4 Å². The van der Waals surface area contributed by atoms with Crippen molar-refractivity contribution in [3.05, 3.63) is 94.5 Å². The molecule has 3 aromatic rings. The summed E-state index contributed by atoms with van der Waals surface area (Å²) in [5.74, 6) is -0.213. The Morgan fingerprint density at radius 1 is 1.05 bits per heavy atom. The molecule has 3 aliphatic rings. The van der Waals surface area contributed by atoms with Crippen LogP contribution in [-0.2, 0) is 9.63 Å². The zero-order valence-electron chi connectivity index (χ0n) is 24.2. The molecule has 3 fully saturated rings. The van der Waals surface area contributed by atoms with Crippen LogP contribution in [0.3, 0.4) is 0 Å². The van der Waals surface area contributed by atoms with Crippen molar-refractivity contribution in [3.63, 3.8) is 0 Å². The fraction of sp³-hybridized carbons (Fsp3) is 0.303. The van der Waals surface area contributed by atoms with Gasteiger partial charge in [0.05, 0.1) is 6.61 Å². The summed E-state index contributed by atoms with van der Waals surface area (Å²) >= 11 is 0. The first kappa shape index (κ1) is 29.2. The molecule has 6 rings (SSSR count). The highest BCUT2D eigenvalue weighted by molar-refractivity contribution is 6.00. The number of fused-ring (bicyclic) bond motifs is 2. The van der Waals surface area contributed by atoms with Gasteiger partial charge in [-0.25, -0.2) is 5.06 Å². The number of hydrogen-bond acceptors (Lipinski definition) is 7. The molecule has 2 amide bonds. The fourth-order valence-corrected chi connectivity index (χ4v) is 5.64. The second-order valence-electron chi connectivity index (χ2n) is 10.9. The van der Waals surface area contributed by atoms with Gasteiger partial charge in [-0.15, -0.1) is 0 Å². The first-order valence-electron chi connectivity index (χ1n) is 14.2. The number of carbonyl (C=O) groups is 3. The maximum Gasteiger partial charge on any atom is 0.277 e. The molecule has 42 heavy (non-hydrogen) atoms. The van der Waals surface area contributed by atoms with Crippen LogP contribution < -0.4 is 16.0 Å². The number of aryl methyl sites for hydroxylation is 1. The number of hydrogen-bond donors (Lipinski definition) is 3. The first-order valence-corrected chi connectivity index (χ1v) is 14.2. The zero-order chi connectivity index (χ0) is 29.6. The predicted molar refractivity (Wildman–Crippen MR) is 165 cm³/mol. The molecule has 2 atom stereocenters. The van der Waals surface area contributed by atoms with Crippen molar-refractivity contribution in [2.45, 2.75) is 32.4 Å². The molecule has 3 aliphatic heterocycles. The molecule has 2 unspecified atom stereocenters. The molecule has 9 nitrogen and oxygen atoms in total. The molecule has 2 bridgehead atoms. The Labute approximate surface area is 246 Å². The third-order valence-electron chi connectivity index (χ3n) is 7.97. The van der Waals surface area contributed by atoms with Crippen LogP contribution in [0.4, 0.5) is 11.4 Å². The van der Waals surface area contributed by atoms with Gasteiger partial charge in [0.1, 0.15) is 6.29 Å². The molecule has 3 aromatic carbocycles. The van der Waals surface area contributed by atoms with E-state index in [0.29, 0.717) is 41.9 Å². The molecule has 0 aromatic heterocycles. The number of carbonyl (C=O) groups excluding carboxylic acids is 3. The number of aldehydes is 1. The van der Waals surface area contributed by atoms with Crippen molar-refractivity contribution in [1.29, 1.82) is 0 Å². The van der Waals surface area contributed by atoms with E-state index in [2.05, 4.69) is 20.9 Å². The summed E-state index contributed by atoms with van der Waals surface area (Å²) in [5, 5.41) is 11.1. The molecule has 218 valence electrons. The smallest absolute Gasteiger partial charge is 0.277 e. The van der Waals surface area contributed by atoms with Gasteiger partial charge in [-0.1, -0.05) is 30.3 Å². The largest absolute Gasteiger partial charge is 0.355 e. The van der Waals surface area contributed by atoms with Crippen LogP contribution in [0.25, 0.3) is 11.3 Å². The number of benzene rings is 3. The lowest BCUT2D eigenvalue weighted by molar-refractivity contribution is -0.113. The number of piperazine rings is 1. The highest BCUT2D eigenvalue weighted by Crippen LogP contribution is 2.33. The number of nitrogens with zero attached hydrogens (tertiary/aromatic N) is 2. The van der Waals surface area contributed by atoms with E-state index in [9.17, 15) is 14.4 Å². The van der Waals surface area contributed by atoms with Gasteiger partial charge in [0.25, 0.3) is 5.91 Å². The van der Waals surface area contributed by atoms with Crippen molar-refractivity contribution < 1.29 is 19.2 Å².